The maximum absolute atomic E-state index is 12.8. The first-order valence-electron chi connectivity index (χ1n) is 18.7. The van der Waals surface area contributed by atoms with Crippen molar-refractivity contribution in [3.8, 4) is 166 Å². The summed E-state index contributed by atoms with van der Waals surface area (Å²) in [6.45, 7) is 5.57. The number of anilines is 1. The van der Waals surface area contributed by atoms with E-state index in [1.807, 2.05) is 40.5 Å². The van der Waals surface area contributed by atoms with Crippen LogP contribution in [0, 0.1) is 165 Å². The Morgan fingerprint density at radius 1 is 0.703 bits per heavy atom. The molecule has 1 unspecified atom stereocenters. The van der Waals surface area contributed by atoms with Gasteiger partial charge in [0.25, 0.3) is 5.91 Å². The van der Waals surface area contributed by atoms with E-state index in [4.69, 9.17) is 28.3 Å². The maximum Gasteiger partial charge on any atom is 0.253 e. The van der Waals surface area contributed by atoms with Gasteiger partial charge in [-0.1, -0.05) is 55.8 Å². The third-order valence-corrected chi connectivity index (χ3v) is 7.53. The molecule has 0 radical (unpaired) electrons. The molecule has 3 aromatic rings. The molecule has 1 aromatic heterocycles. The van der Waals surface area contributed by atoms with Crippen molar-refractivity contribution in [1.29, 1.82) is 5.53 Å². The van der Waals surface area contributed by atoms with Gasteiger partial charge in [0.05, 0.1) is 24.1 Å². The molecule has 1 saturated heterocycles. The zero-order valence-electron chi connectivity index (χ0n) is 34.7. The highest BCUT2D eigenvalue weighted by Crippen LogP contribution is 2.25. The average Bonchev–Trinajstić information content (AvgIpc) is 3.33. The Balaban J connectivity index is -0.0000000775. The highest BCUT2D eigenvalue weighted by molar-refractivity contribution is 5.94. The van der Waals surface area contributed by atoms with Crippen molar-refractivity contribution in [2.75, 3.05) is 38.5 Å². The van der Waals surface area contributed by atoms with Crippen LogP contribution in [0.1, 0.15) is 61.7 Å². The summed E-state index contributed by atoms with van der Waals surface area (Å²) >= 11 is 0. The standard InChI is InChI=1S/C26H31N5O.C26H2.HN5O.14H2/c1-3-7-23(20-8-5-4-6-9-20)28-25-19-27-18-24(29-25)21-10-12-22(13-11-21)26(32)31-16-14-30(2)15-17-31;1-3-5-7-9-11-13-15-17-19-21-23-25-26-24-22-20-18-16-14-12-10-8-6-4-2;1-2-3-4-5-6;;;;;;;;;;;;;;/h4-6,8-13,18-19,23H,3,7,14-17H2,1-2H3,(H,28,29);1-2H;1H;14*1H/b;;2-1?,4-3+;;;;;;;;;;;;;;. The molecule has 64 heavy (non-hydrogen) atoms. The lowest BCUT2D eigenvalue weighted by Gasteiger charge is -2.32. The molecule has 332 valence electrons. The first kappa shape index (κ1) is 50.0. The van der Waals surface area contributed by atoms with Crippen LogP contribution in [0.4, 0.5) is 5.82 Å². The third-order valence-electron chi connectivity index (χ3n) is 7.53. The van der Waals surface area contributed by atoms with Crippen molar-refractivity contribution >= 4 is 11.7 Å². The van der Waals surface area contributed by atoms with Gasteiger partial charge in [-0.3, -0.25) is 9.78 Å². The molecule has 12 heteroatoms. The van der Waals surface area contributed by atoms with Crippen molar-refractivity contribution in [3.05, 3.63) is 83.0 Å². The minimum atomic E-state index is 0. The smallest absolute Gasteiger partial charge is 0.253 e. The summed E-state index contributed by atoms with van der Waals surface area (Å²) in [6.07, 6.45) is 15.4. The van der Waals surface area contributed by atoms with Crippen LogP contribution in [0.25, 0.3) is 11.3 Å². The molecule has 0 spiro atoms. The van der Waals surface area contributed by atoms with Gasteiger partial charge in [0.15, 0.2) is 0 Å². The fourth-order valence-corrected chi connectivity index (χ4v) is 4.76. The van der Waals surface area contributed by atoms with Gasteiger partial charge in [0.2, 0.25) is 0 Å². The normalized spacial score (nSPS) is 10.0. The van der Waals surface area contributed by atoms with Crippen LogP contribution in [0.3, 0.4) is 0 Å². The van der Waals surface area contributed by atoms with Crippen molar-refractivity contribution in [2.24, 2.45) is 21.0 Å². The van der Waals surface area contributed by atoms with Crippen LogP contribution in [-0.2, 0) is 0 Å². The van der Waals surface area contributed by atoms with Crippen LogP contribution in [0.5, 0.6) is 0 Å². The summed E-state index contributed by atoms with van der Waals surface area (Å²) in [5.74, 6) is 59.0. The van der Waals surface area contributed by atoms with Gasteiger partial charge in [0.1, 0.15) is 11.1 Å². The largest absolute Gasteiger partial charge is 0.362 e. The molecule has 1 atom stereocenters. The Labute approximate surface area is 395 Å². The Kier molecular flexibility index (Phi) is 26.4. The molecule has 0 aliphatic carbocycles. The highest BCUT2D eigenvalue weighted by atomic mass is 16.3. The number of carbonyl (C=O) groups is 1. The van der Waals surface area contributed by atoms with Crippen molar-refractivity contribution in [2.45, 2.75) is 25.8 Å². The topological polar surface area (TPSA) is 152 Å². The summed E-state index contributed by atoms with van der Waals surface area (Å²) in [6, 6.07) is 18.3. The summed E-state index contributed by atoms with van der Waals surface area (Å²) < 4.78 is 0. The molecule has 2 N–H and O–H groups in total. The maximum atomic E-state index is 12.8. The Hall–Kier alpha value is -10.2. The lowest BCUT2D eigenvalue weighted by atomic mass is 10.0. The van der Waals surface area contributed by atoms with E-state index in [2.05, 4.69) is 211 Å². The number of nitrogens with one attached hydrogen (secondary N) is 2. The van der Waals surface area contributed by atoms with Crippen LogP contribution in [0.2, 0.25) is 0 Å². The molecule has 4 rings (SSSR count). The lowest BCUT2D eigenvalue weighted by Crippen LogP contribution is -2.47. The molecule has 2 heterocycles. The minimum Gasteiger partial charge on any atom is -0.362 e. The molecule has 1 fully saturated rings. The second-order valence-corrected chi connectivity index (χ2v) is 11.8. The van der Waals surface area contributed by atoms with Gasteiger partial charge >= 0.3 is 0 Å². The zero-order chi connectivity index (χ0) is 46.1. The number of carbonyl (C=O) groups excluding carboxylic acids is 1. The second-order valence-electron chi connectivity index (χ2n) is 11.8. The van der Waals surface area contributed by atoms with Crippen molar-refractivity contribution < 1.29 is 24.8 Å². The molecule has 1 aliphatic rings. The minimum absolute atomic E-state index is 0. The van der Waals surface area contributed by atoms with Gasteiger partial charge in [0, 0.05) is 110 Å². The Bertz CT molecular complexity index is 2880. The number of benzene rings is 2. The summed E-state index contributed by atoms with van der Waals surface area (Å²) in [5, 5.41) is 12.8. The van der Waals surface area contributed by atoms with Crippen LogP contribution in [-0.4, -0.2) is 58.9 Å². The number of terminal acetylenes is 2. The summed E-state index contributed by atoms with van der Waals surface area (Å²) in [7, 11) is 2.09. The first-order valence-corrected chi connectivity index (χ1v) is 18.7. The van der Waals surface area contributed by atoms with E-state index in [9.17, 15) is 4.79 Å². The van der Waals surface area contributed by atoms with Crippen LogP contribution in [0.15, 0.2) is 87.9 Å². The van der Waals surface area contributed by atoms with Crippen molar-refractivity contribution in [3.63, 3.8) is 0 Å². The molecular formula is C52H62N10O2. The first-order chi connectivity index (χ1) is 31.5. The quantitative estimate of drug-likeness (QED) is 0.0948. The molecule has 0 saturated carbocycles. The Morgan fingerprint density at radius 2 is 1.17 bits per heavy atom. The number of nitroso groups, excluding NO2 is 1. The highest BCUT2D eigenvalue weighted by Gasteiger charge is 2.20. The summed E-state index contributed by atoms with van der Waals surface area (Å²) in [4.78, 5) is 35.1. The van der Waals surface area contributed by atoms with E-state index < -0.39 is 0 Å². The predicted octanol–water partition coefficient (Wildman–Crippen LogP) is 9.28. The number of likely N-dealkylation sites (N-methyl/N-ethyl adjacent to an activating group) is 1. The fraction of sp³-hybridized carbons (Fsp3) is 0.173. The van der Waals surface area contributed by atoms with E-state index in [0.717, 1.165) is 56.1 Å². The lowest BCUT2D eigenvalue weighted by molar-refractivity contribution is 0.0664. The van der Waals surface area contributed by atoms with Crippen molar-refractivity contribution in [1.82, 2.24) is 19.8 Å². The van der Waals surface area contributed by atoms with E-state index in [0.29, 0.717) is 5.56 Å². The van der Waals surface area contributed by atoms with E-state index >= 15 is 0 Å². The number of piperazine rings is 1. The molecule has 0 bridgehead atoms. The molecule has 2 aromatic carbocycles. The number of rotatable bonds is 9. The molecule has 1 amide bonds. The molecule has 12 nitrogen and oxygen atoms in total. The number of nitrogens with zero attached hydrogens (tertiary/aromatic N) is 8. The molecule has 1 aliphatic heterocycles. The van der Waals surface area contributed by atoms with E-state index in [1.165, 1.54) is 5.56 Å². The molecular weight excluding hydrogens is 797 g/mol. The monoisotopic (exact) mass is 859 g/mol. The van der Waals surface area contributed by atoms with Gasteiger partial charge in [-0.25, -0.2) is 4.98 Å². The van der Waals surface area contributed by atoms with E-state index in [1.54, 1.807) is 12.4 Å². The SMILES string of the molecule is C#CC#CC#CC#CC#CC#CC#CC#CC#CC#CC#CC#CC#C.CCCC(Nc1cncc(-c2ccc(C(=O)N3CCN(C)CC3)cc2)n1)c1ccccc1.N=N/N=N/N=O.[HH].[HH].[HH].[HH].[HH].[HH].[HH].[HH].[HH].[HH].[HH].[HH].[HH].[HH]. The van der Waals surface area contributed by atoms with E-state index in [-0.39, 0.29) is 31.9 Å². The van der Waals surface area contributed by atoms with Crippen LogP contribution < -0.4 is 5.32 Å². The number of hydrogen-bond donors (Lipinski definition) is 2. The average molecular weight is 859 g/mol. The van der Waals surface area contributed by atoms with Gasteiger partial charge in [-0.2, -0.15) is 5.53 Å². The van der Waals surface area contributed by atoms with Crippen LogP contribution >= 0.6 is 0 Å². The summed E-state index contributed by atoms with van der Waals surface area (Å²) in [5.41, 5.74) is 9.57. The second kappa shape index (κ2) is 33.8. The fourth-order valence-electron chi connectivity index (χ4n) is 4.76. The zero-order valence-corrected chi connectivity index (χ0v) is 34.7. The number of hydrogen-bond acceptors (Lipinski definition) is 7. The van der Waals surface area contributed by atoms with Gasteiger partial charge in [-0.15, -0.1) is 17.8 Å². The Morgan fingerprint density at radius 3 is 1.58 bits per heavy atom. The predicted molar refractivity (Wildman–Crippen MR) is 277 cm³/mol. The van der Waals surface area contributed by atoms with Gasteiger partial charge < -0.3 is 15.1 Å². The number of amides is 1. The van der Waals surface area contributed by atoms with Gasteiger partial charge in [-0.05, 0) is 136 Å². The third kappa shape index (κ3) is 22.7. The number of aromatic nitrogens is 2.